The van der Waals surface area contributed by atoms with Crippen LogP contribution in [0.25, 0.3) is 0 Å². The molecule has 2 atom stereocenters. The van der Waals surface area contributed by atoms with E-state index in [-0.39, 0.29) is 41.8 Å². The van der Waals surface area contributed by atoms with E-state index >= 15 is 0 Å². The average Bonchev–Trinajstić information content (AvgIpc) is 1.93. The second kappa shape index (κ2) is 5.29. The van der Waals surface area contributed by atoms with Crippen LogP contribution in [0.4, 0.5) is 0 Å². The summed E-state index contributed by atoms with van der Waals surface area (Å²) in [5.41, 5.74) is -0.155. The van der Waals surface area contributed by atoms with Crippen LogP contribution in [0.15, 0.2) is 0 Å². The van der Waals surface area contributed by atoms with Crippen LogP contribution >= 0.6 is 0 Å². The van der Waals surface area contributed by atoms with Crippen molar-refractivity contribution < 1.29 is 37.9 Å². The minimum Gasteiger partial charge on any atom is -1.00 e. The molecule has 1 aliphatic rings. The van der Waals surface area contributed by atoms with E-state index in [9.17, 15) is 0 Å². The van der Waals surface area contributed by atoms with Gasteiger partial charge in [-0.2, -0.15) is 0 Å². The first-order valence-electron chi connectivity index (χ1n) is 5.30. The number of likely N-dealkylation sites (N-methyl/N-ethyl adjacent to an activating group) is 1. The van der Waals surface area contributed by atoms with E-state index < -0.39 is 0 Å². The third-order valence-electron chi connectivity index (χ3n) is 2.73. The summed E-state index contributed by atoms with van der Waals surface area (Å²) in [5, 5.41) is 0. The zero-order chi connectivity index (χ0) is 11.0. The van der Waals surface area contributed by atoms with Crippen molar-refractivity contribution in [2.45, 2.75) is 38.6 Å². The molecular formula is C11H24INO2. The number of rotatable bonds is 2. The van der Waals surface area contributed by atoms with Crippen molar-refractivity contribution in [3.05, 3.63) is 0 Å². The molecule has 0 aliphatic carbocycles. The number of nitrogens with zero attached hydrogens (tertiary/aromatic N) is 1. The number of hydrogen-bond acceptors (Lipinski definition) is 2. The number of hydrogen-bond donors (Lipinski definition) is 0. The molecule has 0 radical (unpaired) electrons. The van der Waals surface area contributed by atoms with Crippen LogP contribution in [0.1, 0.15) is 20.8 Å². The molecule has 0 aromatic rings. The summed E-state index contributed by atoms with van der Waals surface area (Å²) < 4.78 is 12.7. The van der Waals surface area contributed by atoms with Crippen molar-refractivity contribution in [1.29, 1.82) is 0 Å². The Morgan fingerprint density at radius 3 is 2.20 bits per heavy atom. The van der Waals surface area contributed by atoms with Crippen LogP contribution in [0.2, 0.25) is 0 Å². The molecule has 0 aromatic carbocycles. The maximum absolute atomic E-state index is 6.02. The van der Waals surface area contributed by atoms with Gasteiger partial charge in [-0.25, -0.2) is 0 Å². The Bertz CT molecular complexity index is 201. The lowest BCUT2D eigenvalue weighted by atomic mass is 10.0. The molecule has 1 aliphatic heterocycles. The van der Waals surface area contributed by atoms with Crippen molar-refractivity contribution in [3.8, 4) is 0 Å². The van der Waals surface area contributed by atoms with Crippen molar-refractivity contribution in [3.63, 3.8) is 0 Å². The Kier molecular flexibility index (Phi) is 5.51. The second-order valence-electron chi connectivity index (χ2n) is 5.79. The Hall–Kier alpha value is 0.610. The Balaban J connectivity index is 0.00000196. The number of halogens is 1. The molecule has 1 saturated heterocycles. The summed E-state index contributed by atoms with van der Waals surface area (Å²) >= 11 is 0. The molecule has 0 saturated carbocycles. The van der Waals surface area contributed by atoms with Gasteiger partial charge in [0.05, 0.1) is 39.5 Å². The summed E-state index contributed by atoms with van der Waals surface area (Å²) in [6, 6.07) is 0. The highest BCUT2D eigenvalue weighted by molar-refractivity contribution is 4.82. The van der Waals surface area contributed by atoms with Crippen molar-refractivity contribution in [2.24, 2.45) is 0 Å². The molecular weight excluding hydrogens is 305 g/mol. The summed E-state index contributed by atoms with van der Waals surface area (Å²) in [7, 11) is 6.52. The van der Waals surface area contributed by atoms with Gasteiger partial charge in [0.1, 0.15) is 12.6 Å². The van der Waals surface area contributed by atoms with Crippen molar-refractivity contribution in [1.82, 2.24) is 0 Å². The van der Waals surface area contributed by atoms with E-state index in [2.05, 4.69) is 41.9 Å². The zero-order valence-corrected chi connectivity index (χ0v) is 12.9. The van der Waals surface area contributed by atoms with Gasteiger partial charge in [0.15, 0.2) is 0 Å². The molecule has 15 heavy (non-hydrogen) atoms. The Labute approximate surface area is 111 Å². The fraction of sp³-hybridized carbons (Fsp3) is 1.00. The first-order chi connectivity index (χ1) is 6.21. The first-order valence-corrected chi connectivity index (χ1v) is 5.30. The van der Waals surface area contributed by atoms with Crippen LogP contribution in [0.5, 0.6) is 0 Å². The smallest absolute Gasteiger partial charge is 0.130 e. The van der Waals surface area contributed by atoms with E-state index in [1.54, 1.807) is 0 Å². The third kappa shape index (κ3) is 4.97. The Morgan fingerprint density at radius 1 is 1.27 bits per heavy atom. The monoisotopic (exact) mass is 329 g/mol. The van der Waals surface area contributed by atoms with E-state index in [4.69, 9.17) is 9.47 Å². The van der Waals surface area contributed by atoms with Gasteiger partial charge in [-0.1, -0.05) is 0 Å². The highest BCUT2D eigenvalue weighted by atomic mass is 127. The van der Waals surface area contributed by atoms with E-state index in [0.717, 1.165) is 17.6 Å². The molecule has 1 fully saturated rings. The normalized spacial score (nSPS) is 30.8. The van der Waals surface area contributed by atoms with E-state index in [0.29, 0.717) is 0 Å². The maximum atomic E-state index is 6.02. The van der Waals surface area contributed by atoms with Crippen molar-refractivity contribution >= 4 is 0 Å². The Morgan fingerprint density at radius 2 is 1.80 bits per heavy atom. The predicted octanol–water partition coefficient (Wildman–Crippen LogP) is -1.72. The largest absolute Gasteiger partial charge is 1.00 e. The lowest BCUT2D eigenvalue weighted by Crippen LogP contribution is -3.00. The molecule has 3 nitrogen and oxygen atoms in total. The SMILES string of the molecule is C[C@H]1OC[C@@H](C[N+](C)(C)C)OC1(C)C.[I-]. The van der Waals surface area contributed by atoms with Crippen LogP contribution in [0.3, 0.4) is 0 Å². The van der Waals surface area contributed by atoms with Crippen LogP contribution in [0, 0.1) is 0 Å². The predicted molar refractivity (Wildman–Crippen MR) is 57.3 cm³/mol. The van der Waals surface area contributed by atoms with Gasteiger partial charge >= 0.3 is 0 Å². The van der Waals surface area contributed by atoms with Gasteiger partial charge in [0, 0.05) is 0 Å². The fourth-order valence-electron chi connectivity index (χ4n) is 1.71. The first kappa shape index (κ1) is 15.6. The lowest BCUT2D eigenvalue weighted by Gasteiger charge is -2.42. The molecule has 0 aromatic heterocycles. The zero-order valence-electron chi connectivity index (χ0n) is 10.7. The average molecular weight is 329 g/mol. The summed E-state index contributed by atoms with van der Waals surface area (Å²) in [6.07, 6.45) is 0.410. The number of ether oxygens (including phenoxy) is 2. The molecule has 92 valence electrons. The second-order valence-corrected chi connectivity index (χ2v) is 5.79. The van der Waals surface area contributed by atoms with Crippen LogP contribution in [-0.2, 0) is 9.47 Å². The highest BCUT2D eigenvalue weighted by Crippen LogP contribution is 2.25. The molecule has 1 rings (SSSR count). The van der Waals surface area contributed by atoms with Crippen LogP contribution < -0.4 is 24.0 Å². The molecule has 4 heteroatoms. The van der Waals surface area contributed by atoms with E-state index in [1.165, 1.54) is 0 Å². The van der Waals surface area contributed by atoms with E-state index in [1.807, 2.05) is 0 Å². The topological polar surface area (TPSA) is 18.5 Å². The number of quaternary nitrogens is 1. The minimum absolute atomic E-state index is 0. The summed E-state index contributed by atoms with van der Waals surface area (Å²) in [5.74, 6) is 0. The molecule has 0 N–H and O–H groups in total. The summed E-state index contributed by atoms with van der Waals surface area (Å²) in [4.78, 5) is 0. The van der Waals surface area contributed by atoms with Gasteiger partial charge in [-0.15, -0.1) is 0 Å². The van der Waals surface area contributed by atoms with Gasteiger partial charge < -0.3 is 37.9 Å². The maximum Gasteiger partial charge on any atom is 0.130 e. The van der Waals surface area contributed by atoms with Gasteiger partial charge in [-0.05, 0) is 20.8 Å². The van der Waals surface area contributed by atoms with Crippen molar-refractivity contribution in [2.75, 3.05) is 34.3 Å². The van der Waals surface area contributed by atoms with Gasteiger partial charge in [0.2, 0.25) is 0 Å². The highest BCUT2D eigenvalue weighted by Gasteiger charge is 2.37. The summed E-state index contributed by atoms with van der Waals surface area (Å²) in [6.45, 7) is 7.98. The quantitative estimate of drug-likeness (QED) is 0.443. The minimum atomic E-state index is -0.155. The van der Waals surface area contributed by atoms with Crippen LogP contribution in [-0.4, -0.2) is 56.6 Å². The molecule has 1 heterocycles. The standard InChI is InChI=1S/C11H24NO2.HI/c1-9-11(2,3)14-10(8-13-9)7-12(4,5)6;/h9-10H,7-8H2,1-6H3;1H/q+1;/p-1/t9-,10-;/m1./s1. The lowest BCUT2D eigenvalue weighted by molar-refractivity contribution is -0.874. The molecule has 0 amide bonds. The third-order valence-corrected chi connectivity index (χ3v) is 2.73. The molecule has 0 spiro atoms. The molecule has 0 unspecified atom stereocenters. The van der Waals surface area contributed by atoms with Gasteiger partial charge in [0.25, 0.3) is 0 Å². The fourth-order valence-corrected chi connectivity index (χ4v) is 1.71. The van der Waals surface area contributed by atoms with Gasteiger partial charge in [-0.3, -0.25) is 0 Å². The molecule has 0 bridgehead atoms.